The van der Waals surface area contributed by atoms with E-state index in [0.717, 1.165) is 31.4 Å². The highest BCUT2D eigenvalue weighted by atomic mass is 35.5. The molecule has 2 unspecified atom stereocenters. The van der Waals surface area contributed by atoms with Crippen molar-refractivity contribution in [3.63, 3.8) is 0 Å². The molecule has 6 heteroatoms. The maximum Gasteiger partial charge on any atom is 0.272 e. The Kier molecular flexibility index (Phi) is 4.52. The number of hydrogen-bond acceptors (Lipinski definition) is 3. The smallest absolute Gasteiger partial charge is 0.272 e. The molecule has 1 amide bonds. The number of nitrogens with zero attached hydrogens (tertiary/aromatic N) is 2. The molecule has 2 atom stereocenters. The summed E-state index contributed by atoms with van der Waals surface area (Å²) in [6, 6.07) is 9.68. The second kappa shape index (κ2) is 6.81. The van der Waals surface area contributed by atoms with Crippen molar-refractivity contribution in [1.29, 1.82) is 0 Å². The molecular formula is C19H23ClN4O. The molecule has 5 nitrogen and oxygen atoms in total. The highest BCUT2D eigenvalue weighted by Crippen LogP contribution is 2.39. The Bertz CT molecular complexity index is 760. The predicted molar refractivity (Wildman–Crippen MR) is 97.9 cm³/mol. The molecule has 0 saturated heterocycles. The lowest BCUT2D eigenvalue weighted by molar-refractivity contribution is 0.0751. The van der Waals surface area contributed by atoms with E-state index in [9.17, 15) is 4.79 Å². The van der Waals surface area contributed by atoms with Crippen LogP contribution < -0.4 is 11.1 Å². The number of carbonyl (C=O) groups excluding carboxylic acids is 1. The van der Waals surface area contributed by atoms with Gasteiger partial charge < -0.3 is 11.1 Å². The van der Waals surface area contributed by atoms with Crippen molar-refractivity contribution in [2.45, 2.75) is 44.2 Å². The number of nitrogens with two attached hydrogens (primary N) is 1. The summed E-state index contributed by atoms with van der Waals surface area (Å²) in [4.78, 5) is 12.7. The largest absolute Gasteiger partial charge is 0.347 e. The summed E-state index contributed by atoms with van der Waals surface area (Å²) >= 11 is 6.03. The van der Waals surface area contributed by atoms with Crippen LogP contribution in [-0.4, -0.2) is 27.8 Å². The third-order valence-corrected chi connectivity index (χ3v) is 5.80. The lowest BCUT2D eigenvalue weighted by Crippen LogP contribution is -2.53. The molecule has 2 bridgehead atoms. The standard InChI is InChI=1S/C19H23ClN4O/c20-14-5-2-6-16(11-14)24-8-7-17(23-24)19(25)22-18-12-3-1-4-13(18)10-15(21)9-12/h2,5-8,11-13,15,18H,1,3-4,9-10,21H2,(H,22,25). The van der Waals surface area contributed by atoms with Gasteiger partial charge in [0, 0.05) is 23.3 Å². The van der Waals surface area contributed by atoms with E-state index in [1.807, 2.05) is 24.3 Å². The first kappa shape index (κ1) is 16.6. The van der Waals surface area contributed by atoms with Crippen LogP contribution in [0, 0.1) is 11.8 Å². The molecule has 0 spiro atoms. The van der Waals surface area contributed by atoms with Gasteiger partial charge in [0.15, 0.2) is 5.69 Å². The van der Waals surface area contributed by atoms with Crippen LogP contribution >= 0.6 is 11.6 Å². The van der Waals surface area contributed by atoms with Crippen molar-refractivity contribution in [3.8, 4) is 5.69 Å². The number of rotatable bonds is 3. The summed E-state index contributed by atoms with van der Waals surface area (Å²) in [6.45, 7) is 0. The highest BCUT2D eigenvalue weighted by Gasteiger charge is 2.40. The summed E-state index contributed by atoms with van der Waals surface area (Å²) in [5.41, 5.74) is 7.45. The fourth-order valence-corrected chi connectivity index (χ4v) is 4.64. The van der Waals surface area contributed by atoms with Crippen molar-refractivity contribution >= 4 is 17.5 Å². The minimum absolute atomic E-state index is 0.0989. The Balaban J connectivity index is 1.49. The average molecular weight is 359 g/mol. The summed E-state index contributed by atoms with van der Waals surface area (Å²) in [5, 5.41) is 8.30. The van der Waals surface area contributed by atoms with Gasteiger partial charge >= 0.3 is 0 Å². The van der Waals surface area contributed by atoms with Crippen molar-refractivity contribution in [3.05, 3.63) is 47.2 Å². The SMILES string of the molecule is NC1CC2CCCC(C1)C2NC(=O)c1ccn(-c2cccc(Cl)c2)n1. The van der Waals surface area contributed by atoms with Crippen LogP contribution in [0.1, 0.15) is 42.6 Å². The molecule has 1 heterocycles. The van der Waals surface area contributed by atoms with Gasteiger partial charge in [0.1, 0.15) is 0 Å². The first-order valence-electron chi connectivity index (χ1n) is 8.98. The molecular weight excluding hydrogens is 336 g/mol. The fraction of sp³-hybridized carbons (Fsp3) is 0.474. The van der Waals surface area contributed by atoms with Crippen molar-refractivity contribution in [2.24, 2.45) is 17.6 Å². The van der Waals surface area contributed by atoms with Gasteiger partial charge in [-0.1, -0.05) is 24.1 Å². The third-order valence-electron chi connectivity index (χ3n) is 5.57. The Hall–Kier alpha value is -1.85. The Morgan fingerprint density at radius 2 is 2.00 bits per heavy atom. The van der Waals surface area contributed by atoms with Gasteiger partial charge in [0.05, 0.1) is 5.69 Å². The monoisotopic (exact) mass is 358 g/mol. The molecule has 0 aliphatic heterocycles. The van der Waals surface area contributed by atoms with E-state index < -0.39 is 0 Å². The number of fused-ring (bicyclic) bond motifs is 2. The molecule has 4 rings (SSSR count). The highest BCUT2D eigenvalue weighted by molar-refractivity contribution is 6.30. The molecule has 0 radical (unpaired) electrons. The molecule has 2 aromatic rings. The quantitative estimate of drug-likeness (QED) is 0.885. The van der Waals surface area contributed by atoms with E-state index in [0.29, 0.717) is 22.6 Å². The molecule has 25 heavy (non-hydrogen) atoms. The number of carbonyl (C=O) groups is 1. The van der Waals surface area contributed by atoms with Crippen LogP contribution in [-0.2, 0) is 0 Å². The van der Waals surface area contributed by atoms with Gasteiger partial charge in [-0.2, -0.15) is 5.10 Å². The minimum Gasteiger partial charge on any atom is -0.347 e. The number of aromatic nitrogens is 2. The van der Waals surface area contributed by atoms with E-state index in [1.165, 1.54) is 6.42 Å². The maximum absolute atomic E-state index is 12.7. The molecule has 1 aromatic heterocycles. The maximum atomic E-state index is 12.7. The van der Waals surface area contributed by atoms with Crippen molar-refractivity contribution < 1.29 is 4.79 Å². The van der Waals surface area contributed by atoms with Gasteiger partial charge in [-0.25, -0.2) is 4.68 Å². The number of hydrogen-bond donors (Lipinski definition) is 2. The van der Waals surface area contributed by atoms with Crippen molar-refractivity contribution in [1.82, 2.24) is 15.1 Å². The zero-order valence-corrected chi connectivity index (χ0v) is 14.8. The number of halogens is 1. The molecule has 2 aliphatic carbocycles. The number of amides is 1. The van der Waals surface area contributed by atoms with E-state index in [-0.39, 0.29) is 18.0 Å². The van der Waals surface area contributed by atoms with Gasteiger partial charge in [-0.05, 0) is 61.8 Å². The fourth-order valence-electron chi connectivity index (χ4n) is 4.46. The van der Waals surface area contributed by atoms with Crippen molar-refractivity contribution in [2.75, 3.05) is 0 Å². The second-order valence-corrected chi connectivity index (χ2v) is 7.74. The van der Waals surface area contributed by atoms with Gasteiger partial charge in [0.2, 0.25) is 0 Å². The zero-order chi connectivity index (χ0) is 17.4. The average Bonchev–Trinajstić information content (AvgIpc) is 3.06. The summed E-state index contributed by atoms with van der Waals surface area (Å²) < 4.78 is 1.68. The summed E-state index contributed by atoms with van der Waals surface area (Å²) in [6.07, 6.45) is 7.38. The minimum atomic E-state index is -0.0989. The Morgan fingerprint density at radius 3 is 2.72 bits per heavy atom. The van der Waals surface area contributed by atoms with Crippen LogP contribution in [0.2, 0.25) is 5.02 Å². The van der Waals surface area contributed by atoms with Crippen LogP contribution in [0.15, 0.2) is 36.5 Å². The molecule has 1 aromatic carbocycles. The van der Waals surface area contributed by atoms with Crippen LogP contribution in [0.3, 0.4) is 0 Å². The van der Waals surface area contributed by atoms with Gasteiger partial charge in [-0.15, -0.1) is 0 Å². The molecule has 3 N–H and O–H groups in total. The van der Waals surface area contributed by atoms with E-state index in [2.05, 4.69) is 10.4 Å². The van der Waals surface area contributed by atoms with E-state index in [1.54, 1.807) is 16.9 Å². The summed E-state index contributed by atoms with van der Waals surface area (Å²) in [5.74, 6) is 0.904. The van der Waals surface area contributed by atoms with Crippen LogP contribution in [0.5, 0.6) is 0 Å². The lowest BCUT2D eigenvalue weighted by atomic mass is 9.67. The van der Waals surface area contributed by atoms with Gasteiger partial charge in [0.25, 0.3) is 5.91 Å². The van der Waals surface area contributed by atoms with E-state index in [4.69, 9.17) is 17.3 Å². The van der Waals surface area contributed by atoms with Gasteiger partial charge in [-0.3, -0.25) is 4.79 Å². The molecule has 2 aliphatic rings. The molecule has 132 valence electrons. The number of nitrogens with one attached hydrogen (secondary N) is 1. The number of benzene rings is 1. The Labute approximate surface area is 152 Å². The Morgan fingerprint density at radius 1 is 1.24 bits per heavy atom. The molecule has 2 saturated carbocycles. The zero-order valence-electron chi connectivity index (χ0n) is 14.1. The van der Waals surface area contributed by atoms with Crippen LogP contribution in [0.4, 0.5) is 0 Å². The first-order chi connectivity index (χ1) is 12.1. The second-order valence-electron chi connectivity index (χ2n) is 7.31. The lowest BCUT2D eigenvalue weighted by Gasteiger charge is -2.45. The first-order valence-corrected chi connectivity index (χ1v) is 9.36. The van der Waals surface area contributed by atoms with E-state index >= 15 is 0 Å². The predicted octanol–water partition coefficient (Wildman–Crippen LogP) is 3.16. The normalized spacial score (nSPS) is 28.6. The summed E-state index contributed by atoms with van der Waals surface area (Å²) in [7, 11) is 0. The van der Waals surface area contributed by atoms with Crippen LogP contribution in [0.25, 0.3) is 5.69 Å². The third kappa shape index (κ3) is 3.44. The molecule has 2 fully saturated rings. The topological polar surface area (TPSA) is 72.9 Å².